The maximum Gasteiger partial charge on any atom is 0.217 e. The fourth-order valence-electron chi connectivity index (χ4n) is 1.38. The van der Waals surface area contributed by atoms with Gasteiger partial charge in [-0.2, -0.15) is 0 Å². The van der Waals surface area contributed by atoms with Crippen LogP contribution in [0.25, 0.3) is 0 Å². The highest BCUT2D eigenvalue weighted by molar-refractivity contribution is 5.85. The van der Waals surface area contributed by atoms with Crippen molar-refractivity contribution in [2.24, 2.45) is 11.7 Å². The van der Waals surface area contributed by atoms with Crippen LogP contribution in [0, 0.1) is 5.92 Å². The molecule has 0 radical (unpaired) electrons. The summed E-state index contributed by atoms with van der Waals surface area (Å²) in [4.78, 5) is 10.5. The molecule has 66 valence electrons. The number of primary amides is 1. The van der Waals surface area contributed by atoms with Crippen LogP contribution in [0.3, 0.4) is 0 Å². The van der Waals surface area contributed by atoms with Crippen molar-refractivity contribution in [3.63, 3.8) is 0 Å². The quantitative estimate of drug-likeness (QED) is 0.639. The van der Waals surface area contributed by atoms with Crippen LogP contribution in [0.4, 0.5) is 0 Å². The molecule has 1 unspecified atom stereocenters. The topological polar surface area (TPSA) is 55.1 Å². The second-order valence-corrected chi connectivity index (χ2v) is 2.88. The molecule has 0 spiro atoms. The van der Waals surface area contributed by atoms with E-state index in [9.17, 15) is 4.79 Å². The fraction of sp³-hybridized carbons (Fsp3) is 0.857. The summed E-state index contributed by atoms with van der Waals surface area (Å²) in [5.74, 6) is 0.319. The Balaban J connectivity index is 0.000001000. The first-order chi connectivity index (χ1) is 4.79. The number of piperidine rings is 1. The Morgan fingerprint density at radius 3 is 2.82 bits per heavy atom. The van der Waals surface area contributed by atoms with Crippen molar-refractivity contribution in [2.45, 2.75) is 19.3 Å². The minimum Gasteiger partial charge on any atom is -0.370 e. The van der Waals surface area contributed by atoms with Crippen LogP contribution < -0.4 is 11.1 Å². The number of carbonyl (C=O) groups excluding carboxylic acids is 1. The minimum atomic E-state index is -0.172. The lowest BCUT2D eigenvalue weighted by molar-refractivity contribution is -0.119. The maximum atomic E-state index is 10.5. The Labute approximate surface area is 73.1 Å². The molecule has 0 bridgehead atoms. The summed E-state index contributed by atoms with van der Waals surface area (Å²) in [7, 11) is 0. The smallest absolute Gasteiger partial charge is 0.217 e. The highest BCUT2D eigenvalue weighted by Crippen LogP contribution is 2.12. The summed E-state index contributed by atoms with van der Waals surface area (Å²) >= 11 is 0. The largest absolute Gasteiger partial charge is 0.370 e. The van der Waals surface area contributed by atoms with Gasteiger partial charge in [0.05, 0.1) is 0 Å². The molecular weight excluding hydrogens is 164 g/mol. The standard InChI is InChI=1S/C7H14N2O.ClH/c8-7(10)4-6-2-1-3-9-5-6;/h6,9H,1-5H2,(H2,8,10);1H. The third-order valence-electron chi connectivity index (χ3n) is 1.89. The first kappa shape index (κ1) is 10.7. The van der Waals surface area contributed by atoms with Gasteiger partial charge in [0, 0.05) is 6.42 Å². The third-order valence-corrected chi connectivity index (χ3v) is 1.89. The fourth-order valence-corrected chi connectivity index (χ4v) is 1.38. The molecule has 3 N–H and O–H groups in total. The van der Waals surface area contributed by atoms with Crippen molar-refractivity contribution in [1.82, 2.24) is 5.32 Å². The van der Waals surface area contributed by atoms with Gasteiger partial charge in [0.1, 0.15) is 0 Å². The number of amides is 1. The van der Waals surface area contributed by atoms with E-state index in [2.05, 4.69) is 5.32 Å². The second-order valence-electron chi connectivity index (χ2n) is 2.88. The summed E-state index contributed by atoms with van der Waals surface area (Å²) in [6.45, 7) is 2.05. The van der Waals surface area contributed by atoms with Gasteiger partial charge < -0.3 is 11.1 Å². The molecule has 0 aromatic rings. The molecule has 3 nitrogen and oxygen atoms in total. The van der Waals surface area contributed by atoms with E-state index >= 15 is 0 Å². The Hall–Kier alpha value is -0.280. The van der Waals surface area contributed by atoms with E-state index in [0.29, 0.717) is 12.3 Å². The van der Waals surface area contributed by atoms with Gasteiger partial charge in [-0.05, 0) is 31.8 Å². The van der Waals surface area contributed by atoms with Gasteiger partial charge in [0.15, 0.2) is 0 Å². The van der Waals surface area contributed by atoms with Crippen molar-refractivity contribution < 1.29 is 4.79 Å². The van der Waals surface area contributed by atoms with Crippen LogP contribution >= 0.6 is 12.4 Å². The summed E-state index contributed by atoms with van der Waals surface area (Å²) in [5, 5.41) is 3.23. The Morgan fingerprint density at radius 1 is 1.64 bits per heavy atom. The van der Waals surface area contributed by atoms with E-state index in [1.165, 1.54) is 6.42 Å². The van der Waals surface area contributed by atoms with Gasteiger partial charge in [-0.1, -0.05) is 0 Å². The number of nitrogens with one attached hydrogen (secondary N) is 1. The van der Waals surface area contributed by atoms with E-state index in [4.69, 9.17) is 5.73 Å². The number of nitrogens with two attached hydrogens (primary N) is 1. The molecule has 1 aliphatic rings. The minimum absolute atomic E-state index is 0. The monoisotopic (exact) mass is 178 g/mol. The molecule has 0 aromatic heterocycles. The SMILES string of the molecule is Cl.NC(=O)CC1CCCNC1. The van der Waals surface area contributed by atoms with E-state index in [-0.39, 0.29) is 18.3 Å². The molecule has 1 saturated heterocycles. The van der Waals surface area contributed by atoms with Gasteiger partial charge in [-0.25, -0.2) is 0 Å². The summed E-state index contributed by atoms with van der Waals surface area (Å²) in [6, 6.07) is 0. The Morgan fingerprint density at radius 2 is 2.36 bits per heavy atom. The number of halogens is 1. The lowest BCUT2D eigenvalue weighted by atomic mass is 9.96. The molecule has 0 aliphatic carbocycles. The first-order valence-electron chi connectivity index (χ1n) is 3.78. The third kappa shape index (κ3) is 4.22. The number of rotatable bonds is 2. The van der Waals surface area contributed by atoms with Gasteiger partial charge in [-0.3, -0.25) is 4.79 Å². The van der Waals surface area contributed by atoms with Crippen molar-refractivity contribution >= 4 is 18.3 Å². The summed E-state index contributed by atoms with van der Waals surface area (Å²) in [6.07, 6.45) is 2.88. The van der Waals surface area contributed by atoms with Crippen molar-refractivity contribution in [1.29, 1.82) is 0 Å². The zero-order chi connectivity index (χ0) is 7.40. The van der Waals surface area contributed by atoms with Gasteiger partial charge in [0.25, 0.3) is 0 Å². The number of hydrogen-bond acceptors (Lipinski definition) is 2. The molecule has 0 aromatic carbocycles. The summed E-state index contributed by atoms with van der Waals surface area (Å²) < 4.78 is 0. The van der Waals surface area contributed by atoms with Crippen LogP contribution in [-0.4, -0.2) is 19.0 Å². The average molecular weight is 179 g/mol. The van der Waals surface area contributed by atoms with Crippen molar-refractivity contribution in [3.8, 4) is 0 Å². The molecular formula is C7H15ClN2O. The Kier molecular flexibility index (Phi) is 5.24. The molecule has 1 aliphatic heterocycles. The molecule has 11 heavy (non-hydrogen) atoms. The van der Waals surface area contributed by atoms with Crippen LogP contribution in [0.15, 0.2) is 0 Å². The molecule has 4 heteroatoms. The van der Waals surface area contributed by atoms with Crippen LogP contribution in [0.5, 0.6) is 0 Å². The van der Waals surface area contributed by atoms with Crippen LogP contribution in [-0.2, 0) is 4.79 Å². The van der Waals surface area contributed by atoms with Crippen molar-refractivity contribution in [2.75, 3.05) is 13.1 Å². The lowest BCUT2D eigenvalue weighted by Gasteiger charge is -2.20. The maximum absolute atomic E-state index is 10.5. The van der Waals surface area contributed by atoms with Crippen molar-refractivity contribution in [3.05, 3.63) is 0 Å². The highest BCUT2D eigenvalue weighted by Gasteiger charge is 2.14. The number of hydrogen-bond donors (Lipinski definition) is 2. The molecule has 1 atom stereocenters. The second kappa shape index (κ2) is 5.38. The molecule has 1 rings (SSSR count). The highest BCUT2D eigenvalue weighted by atomic mass is 35.5. The molecule has 1 amide bonds. The van der Waals surface area contributed by atoms with Gasteiger partial charge >= 0.3 is 0 Å². The van der Waals surface area contributed by atoms with Gasteiger partial charge in [0.2, 0.25) is 5.91 Å². The molecule has 1 heterocycles. The van der Waals surface area contributed by atoms with E-state index in [1.54, 1.807) is 0 Å². The van der Waals surface area contributed by atoms with Gasteiger partial charge in [-0.15, -0.1) is 12.4 Å². The lowest BCUT2D eigenvalue weighted by Crippen LogP contribution is -2.32. The van der Waals surface area contributed by atoms with Crippen LogP contribution in [0.1, 0.15) is 19.3 Å². The average Bonchev–Trinajstić information content (AvgIpc) is 1.88. The van der Waals surface area contributed by atoms with E-state index in [1.807, 2.05) is 0 Å². The summed E-state index contributed by atoms with van der Waals surface area (Å²) in [5.41, 5.74) is 5.06. The zero-order valence-electron chi connectivity index (χ0n) is 6.51. The number of carbonyl (C=O) groups is 1. The van der Waals surface area contributed by atoms with Crippen LogP contribution in [0.2, 0.25) is 0 Å². The normalized spacial score (nSPS) is 23.8. The van der Waals surface area contributed by atoms with E-state index in [0.717, 1.165) is 19.5 Å². The predicted molar refractivity (Wildman–Crippen MR) is 46.7 cm³/mol. The molecule has 1 fully saturated rings. The zero-order valence-corrected chi connectivity index (χ0v) is 7.32. The predicted octanol–water partition coefficient (Wildman–Crippen LogP) is 0.283. The first-order valence-corrected chi connectivity index (χ1v) is 3.78. The Bertz CT molecular complexity index is 124. The van der Waals surface area contributed by atoms with E-state index < -0.39 is 0 Å². The molecule has 0 saturated carbocycles.